The van der Waals surface area contributed by atoms with Crippen molar-refractivity contribution in [2.24, 2.45) is 11.7 Å². The molecule has 1 fully saturated rings. The van der Waals surface area contributed by atoms with Crippen molar-refractivity contribution in [3.8, 4) is 5.75 Å². The summed E-state index contributed by atoms with van der Waals surface area (Å²) in [6.07, 6.45) is 4.07. The van der Waals surface area contributed by atoms with Gasteiger partial charge in [-0.2, -0.15) is 0 Å². The number of halogens is 2. The van der Waals surface area contributed by atoms with Crippen LogP contribution in [0.15, 0.2) is 48.5 Å². The molecule has 31 heavy (non-hydrogen) atoms. The first-order valence-corrected chi connectivity index (χ1v) is 10.3. The van der Waals surface area contributed by atoms with Gasteiger partial charge in [0, 0.05) is 19.2 Å². The van der Waals surface area contributed by atoms with Crippen molar-refractivity contribution in [3.05, 3.63) is 71.3 Å². The van der Waals surface area contributed by atoms with Gasteiger partial charge in [0.25, 0.3) is 0 Å². The number of hydrogen-bond donors (Lipinski definition) is 3. The molecule has 2 atom stereocenters. The van der Waals surface area contributed by atoms with E-state index in [4.69, 9.17) is 10.8 Å². The highest BCUT2D eigenvalue weighted by Gasteiger charge is 2.43. The number of carbonyl (C=O) groups excluding carboxylic acids is 1. The monoisotopic (exact) mass is 430 g/mol. The second-order valence-corrected chi connectivity index (χ2v) is 8.09. The van der Waals surface area contributed by atoms with Gasteiger partial charge in [-0.25, -0.2) is 8.78 Å². The van der Waals surface area contributed by atoms with Crippen molar-refractivity contribution in [3.63, 3.8) is 0 Å². The highest BCUT2D eigenvalue weighted by Crippen LogP contribution is 2.42. The van der Waals surface area contributed by atoms with Gasteiger partial charge in [0.05, 0.1) is 11.6 Å². The van der Waals surface area contributed by atoms with Crippen molar-refractivity contribution in [2.45, 2.75) is 37.8 Å². The second kappa shape index (κ2) is 9.16. The quantitative estimate of drug-likeness (QED) is 0.692. The maximum absolute atomic E-state index is 14.4. The standard InChI is InChI=1S/C23H24F2N2O2.CH4O/c1-23(16-3-2-4-18(28)11-16)13-15(19-12-17(24)7-8-20(19)25)9-10-27(23)22(29)21(26)14-5-6-14;1-2/h2-4,7-8,11-14,21,28H,5-6,9-10,26H2,1H3;2H,1H3/t21-,23?;/m0./s1. The van der Waals surface area contributed by atoms with E-state index in [1.165, 1.54) is 6.07 Å². The molecule has 1 heterocycles. The maximum Gasteiger partial charge on any atom is 0.240 e. The third kappa shape index (κ3) is 4.62. The first kappa shape index (κ1) is 22.9. The zero-order valence-corrected chi connectivity index (χ0v) is 17.7. The molecule has 0 saturated heterocycles. The minimum absolute atomic E-state index is 0.0695. The fraction of sp³-hybridized carbons (Fsp3) is 0.375. The first-order valence-electron chi connectivity index (χ1n) is 10.3. The van der Waals surface area contributed by atoms with E-state index in [0.29, 0.717) is 24.1 Å². The van der Waals surface area contributed by atoms with E-state index in [0.717, 1.165) is 32.1 Å². The number of rotatable bonds is 4. The van der Waals surface area contributed by atoms with Crippen molar-refractivity contribution < 1.29 is 23.8 Å². The fourth-order valence-corrected chi connectivity index (χ4v) is 4.15. The highest BCUT2D eigenvalue weighted by atomic mass is 19.1. The van der Waals surface area contributed by atoms with Crippen molar-refractivity contribution in [1.29, 1.82) is 0 Å². The second-order valence-electron chi connectivity index (χ2n) is 8.09. The van der Waals surface area contributed by atoms with Gasteiger partial charge in [0.1, 0.15) is 17.4 Å². The minimum atomic E-state index is -0.950. The lowest BCUT2D eigenvalue weighted by Crippen LogP contribution is -2.55. The Labute approximate surface area is 180 Å². The van der Waals surface area contributed by atoms with Gasteiger partial charge in [-0.15, -0.1) is 0 Å². The number of phenols is 1. The van der Waals surface area contributed by atoms with Crippen molar-refractivity contribution in [1.82, 2.24) is 4.90 Å². The zero-order valence-electron chi connectivity index (χ0n) is 17.7. The maximum atomic E-state index is 14.4. The lowest BCUT2D eigenvalue weighted by molar-refractivity contribution is -0.138. The van der Waals surface area contributed by atoms with Gasteiger partial charge in [-0.1, -0.05) is 18.2 Å². The highest BCUT2D eigenvalue weighted by molar-refractivity contribution is 5.85. The predicted octanol–water partition coefficient (Wildman–Crippen LogP) is 3.55. The molecule has 0 spiro atoms. The van der Waals surface area contributed by atoms with Crippen LogP contribution in [0.3, 0.4) is 0 Å². The summed E-state index contributed by atoms with van der Waals surface area (Å²) in [5, 5.41) is 17.0. The summed E-state index contributed by atoms with van der Waals surface area (Å²) in [6, 6.07) is 9.44. The lowest BCUT2D eigenvalue weighted by atomic mass is 9.81. The summed E-state index contributed by atoms with van der Waals surface area (Å²) in [6.45, 7) is 2.17. The van der Waals surface area contributed by atoms with E-state index in [1.807, 2.05) is 13.0 Å². The van der Waals surface area contributed by atoms with Gasteiger partial charge in [0.15, 0.2) is 0 Å². The molecule has 0 radical (unpaired) electrons. The fourth-order valence-electron chi connectivity index (χ4n) is 4.15. The summed E-state index contributed by atoms with van der Waals surface area (Å²) >= 11 is 0. The van der Waals surface area contributed by atoms with E-state index in [2.05, 4.69) is 0 Å². The molecule has 2 aromatic rings. The van der Waals surface area contributed by atoms with Crippen molar-refractivity contribution >= 4 is 11.5 Å². The Morgan fingerprint density at radius 2 is 1.90 bits per heavy atom. The first-order chi connectivity index (χ1) is 14.8. The van der Waals surface area contributed by atoms with Gasteiger partial charge in [-0.05, 0) is 73.6 Å². The summed E-state index contributed by atoms with van der Waals surface area (Å²) in [4.78, 5) is 14.9. The Kier molecular flexibility index (Phi) is 6.77. The Morgan fingerprint density at radius 3 is 2.55 bits per heavy atom. The number of hydrogen-bond acceptors (Lipinski definition) is 4. The number of aliphatic hydroxyl groups excluding tert-OH is 1. The van der Waals surface area contributed by atoms with Crippen LogP contribution in [0.4, 0.5) is 8.78 Å². The molecule has 5 nitrogen and oxygen atoms in total. The Hall–Kier alpha value is -2.77. The summed E-state index contributed by atoms with van der Waals surface area (Å²) in [5.41, 5.74) is 6.75. The molecule has 1 unspecified atom stereocenters. The van der Waals surface area contributed by atoms with Crippen LogP contribution in [0.25, 0.3) is 5.57 Å². The lowest BCUT2D eigenvalue weighted by Gasteiger charge is -2.45. The van der Waals surface area contributed by atoms with E-state index in [-0.39, 0.29) is 23.1 Å². The van der Waals surface area contributed by atoms with Gasteiger partial charge in [-0.3, -0.25) is 4.79 Å². The van der Waals surface area contributed by atoms with Crippen LogP contribution < -0.4 is 5.73 Å². The Morgan fingerprint density at radius 1 is 1.19 bits per heavy atom. The third-order valence-corrected chi connectivity index (χ3v) is 6.01. The number of benzene rings is 2. The molecule has 1 amide bonds. The minimum Gasteiger partial charge on any atom is -0.508 e. The summed E-state index contributed by atoms with van der Waals surface area (Å²) in [5.74, 6) is -0.920. The molecule has 0 bridgehead atoms. The molecule has 0 aromatic heterocycles. The predicted molar refractivity (Wildman–Crippen MR) is 115 cm³/mol. The number of aliphatic hydroxyl groups is 1. The van der Waals surface area contributed by atoms with Crippen LogP contribution in [-0.2, 0) is 10.3 Å². The smallest absolute Gasteiger partial charge is 0.240 e. The van der Waals surface area contributed by atoms with E-state index in [9.17, 15) is 18.7 Å². The molecule has 4 rings (SSSR count). The molecular weight excluding hydrogens is 402 g/mol. The van der Waals surface area contributed by atoms with E-state index >= 15 is 0 Å². The van der Waals surface area contributed by atoms with Crippen LogP contribution in [0.5, 0.6) is 5.75 Å². The van der Waals surface area contributed by atoms with Crippen LogP contribution >= 0.6 is 0 Å². The Bertz CT molecular complexity index is 991. The van der Waals surface area contributed by atoms with E-state index in [1.54, 1.807) is 29.2 Å². The molecule has 1 aliphatic heterocycles. The topological polar surface area (TPSA) is 86.8 Å². The van der Waals surface area contributed by atoms with E-state index < -0.39 is 23.2 Å². The number of amides is 1. The molecule has 1 aliphatic carbocycles. The zero-order chi connectivity index (χ0) is 22.8. The number of carbonyl (C=O) groups is 1. The largest absolute Gasteiger partial charge is 0.508 e. The van der Waals surface area contributed by atoms with Gasteiger partial charge >= 0.3 is 0 Å². The van der Waals surface area contributed by atoms with Crippen LogP contribution in [0, 0.1) is 17.6 Å². The number of phenolic OH excluding ortho intramolecular Hbond substituents is 1. The molecule has 2 aromatic carbocycles. The van der Waals surface area contributed by atoms with Crippen molar-refractivity contribution in [2.75, 3.05) is 13.7 Å². The molecular formula is C24H28F2N2O3. The normalized spacial score (nSPS) is 21.6. The van der Waals surface area contributed by atoms with Crippen LogP contribution in [0.1, 0.15) is 37.3 Å². The molecule has 7 heteroatoms. The average Bonchev–Trinajstić information content (AvgIpc) is 3.61. The van der Waals surface area contributed by atoms with Gasteiger partial charge < -0.3 is 20.8 Å². The molecule has 4 N–H and O–H groups in total. The number of aromatic hydroxyl groups is 1. The number of nitrogens with two attached hydrogens (primary N) is 1. The summed E-state index contributed by atoms with van der Waals surface area (Å²) < 4.78 is 28.2. The Balaban J connectivity index is 0.00000132. The molecule has 166 valence electrons. The SMILES string of the molecule is CC1(c2cccc(O)c2)C=C(c2cc(F)ccc2F)CCN1C(=O)[C@@H](N)C1CC1.CO. The average molecular weight is 430 g/mol. The van der Waals surface area contributed by atoms with Crippen LogP contribution in [0.2, 0.25) is 0 Å². The summed E-state index contributed by atoms with van der Waals surface area (Å²) in [7, 11) is 1.00. The van der Waals surface area contributed by atoms with Gasteiger partial charge in [0.2, 0.25) is 5.91 Å². The number of nitrogens with zero attached hydrogens (tertiary/aromatic N) is 1. The molecule has 1 saturated carbocycles. The third-order valence-electron chi connectivity index (χ3n) is 6.01. The van der Waals surface area contributed by atoms with Crippen LogP contribution in [-0.4, -0.2) is 40.7 Å². The molecule has 2 aliphatic rings.